The number of hydrogen-bond acceptors (Lipinski definition) is 6. The molecule has 1 aliphatic heterocycles. The summed E-state index contributed by atoms with van der Waals surface area (Å²) < 4.78 is 0. The summed E-state index contributed by atoms with van der Waals surface area (Å²) in [7, 11) is 0. The SMILES string of the molecule is CCNc1nc(NC2CCCNC2=O)c2ccsc2n1. The molecule has 1 amide bonds. The van der Waals surface area contributed by atoms with Crippen LogP contribution < -0.4 is 16.0 Å². The molecule has 1 unspecified atom stereocenters. The summed E-state index contributed by atoms with van der Waals surface area (Å²) in [6.07, 6.45) is 1.82. The Labute approximate surface area is 121 Å². The molecule has 0 bridgehead atoms. The summed E-state index contributed by atoms with van der Waals surface area (Å²) in [5.41, 5.74) is 0. The maximum atomic E-state index is 11.9. The van der Waals surface area contributed by atoms with E-state index in [1.807, 2.05) is 18.4 Å². The molecule has 1 saturated heterocycles. The standard InChI is InChI=1S/C13H17N5OS/c1-2-14-13-17-10(8-5-7-20-12(8)18-13)16-9-4-3-6-15-11(9)19/h5,7,9H,2-4,6H2,1H3,(H,15,19)(H2,14,16,17,18). The minimum absolute atomic E-state index is 0.0447. The lowest BCUT2D eigenvalue weighted by Gasteiger charge is -2.23. The molecule has 0 saturated carbocycles. The minimum atomic E-state index is -0.212. The number of nitrogens with zero attached hydrogens (tertiary/aromatic N) is 2. The van der Waals surface area contributed by atoms with Gasteiger partial charge in [-0.25, -0.2) is 4.98 Å². The van der Waals surface area contributed by atoms with E-state index in [1.165, 1.54) is 0 Å². The number of amides is 1. The number of rotatable bonds is 4. The van der Waals surface area contributed by atoms with Gasteiger partial charge in [-0.05, 0) is 31.2 Å². The van der Waals surface area contributed by atoms with Crippen molar-refractivity contribution in [2.24, 2.45) is 0 Å². The second kappa shape index (κ2) is 5.62. The van der Waals surface area contributed by atoms with Gasteiger partial charge in [0.2, 0.25) is 11.9 Å². The second-order valence-corrected chi connectivity index (χ2v) is 5.59. The molecule has 7 heteroatoms. The van der Waals surface area contributed by atoms with Crippen LogP contribution in [0.5, 0.6) is 0 Å². The van der Waals surface area contributed by atoms with Crippen molar-refractivity contribution < 1.29 is 4.79 Å². The third-order valence-electron chi connectivity index (χ3n) is 3.26. The zero-order valence-corrected chi connectivity index (χ0v) is 12.1. The summed E-state index contributed by atoms with van der Waals surface area (Å²) in [5.74, 6) is 1.37. The maximum absolute atomic E-state index is 11.9. The first-order chi connectivity index (χ1) is 9.78. The predicted molar refractivity (Wildman–Crippen MR) is 81.2 cm³/mol. The maximum Gasteiger partial charge on any atom is 0.242 e. The molecule has 3 heterocycles. The van der Waals surface area contributed by atoms with Crippen molar-refractivity contribution in [3.05, 3.63) is 11.4 Å². The fourth-order valence-corrected chi connectivity index (χ4v) is 3.04. The van der Waals surface area contributed by atoms with E-state index in [0.29, 0.717) is 5.95 Å². The first-order valence-electron chi connectivity index (χ1n) is 6.81. The quantitative estimate of drug-likeness (QED) is 0.800. The largest absolute Gasteiger partial charge is 0.358 e. The summed E-state index contributed by atoms with van der Waals surface area (Å²) >= 11 is 1.57. The van der Waals surface area contributed by atoms with Crippen molar-refractivity contribution in [3.63, 3.8) is 0 Å². The molecule has 2 aromatic rings. The Morgan fingerprint density at radius 3 is 3.20 bits per heavy atom. The molecule has 3 rings (SSSR count). The zero-order chi connectivity index (χ0) is 13.9. The highest BCUT2D eigenvalue weighted by atomic mass is 32.1. The van der Waals surface area contributed by atoms with E-state index in [-0.39, 0.29) is 11.9 Å². The summed E-state index contributed by atoms with van der Waals surface area (Å²) in [6.45, 7) is 3.53. The van der Waals surface area contributed by atoms with Crippen LogP contribution in [0.25, 0.3) is 10.2 Å². The van der Waals surface area contributed by atoms with Crippen molar-refractivity contribution in [2.75, 3.05) is 23.7 Å². The fraction of sp³-hybridized carbons (Fsp3) is 0.462. The Kier molecular flexibility index (Phi) is 3.68. The van der Waals surface area contributed by atoms with Crippen LogP contribution in [0.1, 0.15) is 19.8 Å². The Bertz CT molecular complexity index is 626. The Morgan fingerprint density at radius 1 is 1.50 bits per heavy atom. The summed E-state index contributed by atoms with van der Waals surface area (Å²) in [6, 6.07) is 1.77. The second-order valence-electron chi connectivity index (χ2n) is 4.70. The Morgan fingerprint density at radius 2 is 2.40 bits per heavy atom. The number of carbonyl (C=O) groups excluding carboxylic acids is 1. The number of fused-ring (bicyclic) bond motifs is 1. The van der Waals surface area contributed by atoms with Crippen LogP contribution in [-0.4, -0.2) is 35.0 Å². The number of hydrogen-bond donors (Lipinski definition) is 3. The fourth-order valence-electron chi connectivity index (χ4n) is 2.28. The van der Waals surface area contributed by atoms with Crippen LogP contribution in [0.3, 0.4) is 0 Å². The third kappa shape index (κ3) is 2.53. The molecule has 1 fully saturated rings. The number of anilines is 2. The molecular formula is C13H17N5OS. The van der Waals surface area contributed by atoms with E-state index in [2.05, 4.69) is 25.9 Å². The molecule has 0 radical (unpaired) electrons. The predicted octanol–water partition coefficient (Wildman–Crippen LogP) is 1.81. The number of nitrogens with one attached hydrogen (secondary N) is 3. The van der Waals surface area contributed by atoms with Gasteiger partial charge in [0.1, 0.15) is 16.7 Å². The van der Waals surface area contributed by atoms with E-state index >= 15 is 0 Å². The Balaban J connectivity index is 1.92. The van der Waals surface area contributed by atoms with Crippen molar-refractivity contribution in [1.82, 2.24) is 15.3 Å². The van der Waals surface area contributed by atoms with Gasteiger partial charge in [0.25, 0.3) is 0 Å². The topological polar surface area (TPSA) is 78.9 Å². The highest BCUT2D eigenvalue weighted by Gasteiger charge is 2.23. The molecule has 6 nitrogen and oxygen atoms in total. The normalized spacial score (nSPS) is 18.9. The molecule has 0 aliphatic carbocycles. The smallest absolute Gasteiger partial charge is 0.242 e. The van der Waals surface area contributed by atoms with Crippen molar-refractivity contribution in [3.8, 4) is 0 Å². The molecule has 1 aliphatic rings. The van der Waals surface area contributed by atoms with Gasteiger partial charge in [-0.1, -0.05) is 0 Å². The van der Waals surface area contributed by atoms with Crippen LogP contribution in [0.2, 0.25) is 0 Å². The first kappa shape index (κ1) is 13.1. The van der Waals surface area contributed by atoms with Crippen LogP contribution in [0, 0.1) is 0 Å². The molecule has 2 aromatic heterocycles. The summed E-state index contributed by atoms with van der Waals surface area (Å²) in [4.78, 5) is 21.7. The number of carbonyl (C=O) groups is 1. The lowest BCUT2D eigenvalue weighted by Crippen LogP contribution is -2.44. The highest BCUT2D eigenvalue weighted by molar-refractivity contribution is 7.16. The van der Waals surface area contributed by atoms with Gasteiger partial charge in [-0.3, -0.25) is 4.79 Å². The number of piperidine rings is 1. The van der Waals surface area contributed by atoms with Crippen molar-refractivity contribution in [2.45, 2.75) is 25.8 Å². The molecular weight excluding hydrogens is 274 g/mol. The monoisotopic (exact) mass is 291 g/mol. The molecule has 3 N–H and O–H groups in total. The van der Waals surface area contributed by atoms with Crippen LogP contribution in [-0.2, 0) is 4.79 Å². The Hall–Kier alpha value is -1.89. The van der Waals surface area contributed by atoms with Gasteiger partial charge in [0.05, 0.1) is 5.39 Å². The average Bonchev–Trinajstić information content (AvgIpc) is 2.90. The molecule has 1 atom stereocenters. The van der Waals surface area contributed by atoms with Crippen molar-refractivity contribution in [1.29, 1.82) is 0 Å². The lowest BCUT2D eigenvalue weighted by molar-refractivity contribution is -0.123. The van der Waals surface area contributed by atoms with Crippen molar-refractivity contribution >= 4 is 39.2 Å². The number of thiophene rings is 1. The summed E-state index contributed by atoms with van der Waals surface area (Å²) in [5, 5.41) is 12.2. The lowest BCUT2D eigenvalue weighted by atomic mass is 10.1. The zero-order valence-electron chi connectivity index (χ0n) is 11.3. The molecule has 0 aromatic carbocycles. The van der Waals surface area contributed by atoms with Gasteiger partial charge >= 0.3 is 0 Å². The van der Waals surface area contributed by atoms with E-state index < -0.39 is 0 Å². The third-order valence-corrected chi connectivity index (χ3v) is 4.06. The average molecular weight is 291 g/mol. The minimum Gasteiger partial charge on any atom is -0.358 e. The van der Waals surface area contributed by atoms with Crippen LogP contribution >= 0.6 is 11.3 Å². The highest BCUT2D eigenvalue weighted by Crippen LogP contribution is 2.27. The van der Waals surface area contributed by atoms with Crippen LogP contribution in [0.4, 0.5) is 11.8 Å². The van der Waals surface area contributed by atoms with Gasteiger partial charge in [0, 0.05) is 13.1 Å². The van der Waals surface area contributed by atoms with Gasteiger partial charge in [-0.2, -0.15) is 4.98 Å². The molecule has 20 heavy (non-hydrogen) atoms. The van der Waals surface area contributed by atoms with E-state index in [4.69, 9.17) is 0 Å². The van der Waals surface area contributed by atoms with E-state index in [9.17, 15) is 4.79 Å². The number of aromatic nitrogens is 2. The van der Waals surface area contributed by atoms with E-state index in [1.54, 1.807) is 11.3 Å². The first-order valence-corrected chi connectivity index (χ1v) is 7.69. The molecule has 0 spiro atoms. The van der Waals surface area contributed by atoms with E-state index in [0.717, 1.165) is 42.0 Å². The molecule has 106 valence electrons. The van der Waals surface area contributed by atoms with Crippen LogP contribution in [0.15, 0.2) is 11.4 Å². The van der Waals surface area contributed by atoms with Gasteiger partial charge < -0.3 is 16.0 Å². The van der Waals surface area contributed by atoms with Gasteiger partial charge in [0.15, 0.2) is 0 Å². The van der Waals surface area contributed by atoms with Gasteiger partial charge in [-0.15, -0.1) is 11.3 Å².